The Balaban J connectivity index is 1.56. The lowest BCUT2D eigenvalue weighted by Crippen LogP contribution is -2.43. The van der Waals surface area contributed by atoms with Crippen LogP contribution in [0.15, 0.2) is 97.2 Å². The summed E-state index contributed by atoms with van der Waals surface area (Å²) < 4.78 is 29.2. The minimum atomic E-state index is -0.491. The van der Waals surface area contributed by atoms with Gasteiger partial charge in [0.15, 0.2) is 0 Å². The number of benzene rings is 3. The van der Waals surface area contributed by atoms with E-state index in [1.807, 2.05) is 60.2 Å². The summed E-state index contributed by atoms with van der Waals surface area (Å²) in [5.74, 6) is -1.34. The maximum Gasteiger partial charge on any atom is 0.254 e. The second-order valence-electron chi connectivity index (χ2n) is 9.58. The molecular formula is C32H33F2N3O2. The molecule has 0 fully saturated rings. The molecular weight excluding hydrogens is 496 g/mol. The average molecular weight is 530 g/mol. The van der Waals surface area contributed by atoms with Gasteiger partial charge in [0, 0.05) is 37.1 Å². The minimum Gasteiger partial charge on any atom is -0.345 e. The molecule has 0 aliphatic rings. The summed E-state index contributed by atoms with van der Waals surface area (Å²) in [6.45, 7) is 3.55. The molecule has 0 radical (unpaired) electrons. The Labute approximate surface area is 228 Å². The van der Waals surface area contributed by atoms with Crippen molar-refractivity contribution in [2.75, 3.05) is 13.1 Å². The zero-order valence-corrected chi connectivity index (χ0v) is 22.1. The molecule has 0 atom stereocenters. The number of carbonyl (C=O) groups excluding carboxylic acids is 2. The molecule has 0 saturated heterocycles. The molecule has 4 rings (SSSR count). The fourth-order valence-corrected chi connectivity index (χ4v) is 4.43. The maximum absolute atomic E-state index is 13.8. The van der Waals surface area contributed by atoms with Gasteiger partial charge in [-0.3, -0.25) is 9.59 Å². The molecule has 2 amide bonds. The number of rotatable bonds is 12. The van der Waals surface area contributed by atoms with Crippen LogP contribution in [0.2, 0.25) is 0 Å². The zero-order chi connectivity index (χ0) is 27.6. The van der Waals surface area contributed by atoms with Gasteiger partial charge < -0.3 is 14.4 Å². The van der Waals surface area contributed by atoms with Crippen LogP contribution in [0.1, 0.15) is 46.9 Å². The fraction of sp³-hybridized carbons (Fsp3) is 0.250. The third kappa shape index (κ3) is 7.87. The van der Waals surface area contributed by atoms with E-state index >= 15 is 0 Å². The molecule has 3 aromatic carbocycles. The highest BCUT2D eigenvalue weighted by Crippen LogP contribution is 2.16. The highest BCUT2D eigenvalue weighted by molar-refractivity contribution is 5.96. The quantitative estimate of drug-likeness (QED) is 0.217. The highest BCUT2D eigenvalue weighted by atomic mass is 19.1. The zero-order valence-electron chi connectivity index (χ0n) is 22.1. The van der Waals surface area contributed by atoms with E-state index in [-0.39, 0.29) is 29.7 Å². The van der Waals surface area contributed by atoms with E-state index in [1.54, 1.807) is 23.1 Å². The first-order chi connectivity index (χ1) is 18.9. The van der Waals surface area contributed by atoms with Crippen LogP contribution in [0.5, 0.6) is 0 Å². The molecule has 1 aromatic heterocycles. The summed E-state index contributed by atoms with van der Waals surface area (Å²) in [5, 5.41) is 0. The van der Waals surface area contributed by atoms with E-state index in [9.17, 15) is 18.4 Å². The van der Waals surface area contributed by atoms with Crippen LogP contribution in [-0.4, -0.2) is 39.3 Å². The van der Waals surface area contributed by atoms with Gasteiger partial charge in [0.25, 0.3) is 5.91 Å². The number of hydrogen-bond donors (Lipinski definition) is 0. The van der Waals surface area contributed by atoms with Crippen molar-refractivity contribution >= 4 is 11.8 Å². The van der Waals surface area contributed by atoms with E-state index < -0.39 is 5.82 Å². The Morgan fingerprint density at radius 2 is 1.54 bits per heavy atom. The van der Waals surface area contributed by atoms with Gasteiger partial charge in [-0.2, -0.15) is 0 Å². The first-order valence-electron chi connectivity index (χ1n) is 13.2. The molecule has 0 saturated carbocycles. The Morgan fingerprint density at radius 3 is 2.26 bits per heavy atom. The predicted molar refractivity (Wildman–Crippen MR) is 148 cm³/mol. The number of hydrogen-bond acceptors (Lipinski definition) is 2. The molecule has 4 aromatic rings. The molecule has 1 heterocycles. The van der Waals surface area contributed by atoms with Crippen molar-refractivity contribution in [1.29, 1.82) is 0 Å². The maximum atomic E-state index is 13.8. The van der Waals surface area contributed by atoms with Gasteiger partial charge in [0.1, 0.15) is 18.2 Å². The van der Waals surface area contributed by atoms with Gasteiger partial charge in [0.05, 0.1) is 6.54 Å². The Morgan fingerprint density at radius 1 is 0.769 bits per heavy atom. The smallest absolute Gasteiger partial charge is 0.254 e. The summed E-state index contributed by atoms with van der Waals surface area (Å²) in [6, 6.07) is 25.5. The molecule has 0 aliphatic heterocycles. The van der Waals surface area contributed by atoms with Crippen LogP contribution >= 0.6 is 0 Å². The fourth-order valence-electron chi connectivity index (χ4n) is 4.43. The van der Waals surface area contributed by atoms with Crippen LogP contribution in [-0.2, 0) is 24.4 Å². The molecule has 0 bridgehead atoms. The summed E-state index contributed by atoms with van der Waals surface area (Å²) in [5.41, 5.74) is 3.06. The van der Waals surface area contributed by atoms with Gasteiger partial charge in [-0.25, -0.2) is 8.78 Å². The van der Waals surface area contributed by atoms with Crippen molar-refractivity contribution in [2.24, 2.45) is 0 Å². The lowest BCUT2D eigenvalue weighted by atomic mass is 10.1. The van der Waals surface area contributed by atoms with Gasteiger partial charge >= 0.3 is 0 Å². The third-order valence-corrected chi connectivity index (χ3v) is 6.58. The van der Waals surface area contributed by atoms with E-state index in [4.69, 9.17) is 0 Å². The number of nitrogens with zero attached hydrogens (tertiary/aromatic N) is 3. The van der Waals surface area contributed by atoms with E-state index in [2.05, 4.69) is 0 Å². The van der Waals surface area contributed by atoms with E-state index in [0.717, 1.165) is 29.7 Å². The Kier molecular flexibility index (Phi) is 9.62. The van der Waals surface area contributed by atoms with Crippen molar-refractivity contribution < 1.29 is 18.4 Å². The van der Waals surface area contributed by atoms with E-state index in [0.29, 0.717) is 26.2 Å². The number of amides is 2. The van der Waals surface area contributed by atoms with Crippen molar-refractivity contribution in [3.8, 4) is 0 Å². The van der Waals surface area contributed by atoms with Gasteiger partial charge in [-0.1, -0.05) is 61.9 Å². The number of aromatic nitrogens is 1. The van der Waals surface area contributed by atoms with Crippen molar-refractivity contribution in [1.82, 2.24) is 14.4 Å². The molecule has 7 heteroatoms. The van der Waals surface area contributed by atoms with Crippen molar-refractivity contribution in [3.63, 3.8) is 0 Å². The number of carbonyl (C=O) groups is 2. The molecule has 0 N–H and O–H groups in total. The minimum absolute atomic E-state index is 0.110. The lowest BCUT2D eigenvalue weighted by molar-refractivity contribution is -0.133. The number of halogens is 2. The first-order valence-corrected chi connectivity index (χ1v) is 13.2. The summed E-state index contributed by atoms with van der Waals surface area (Å²) in [4.78, 5) is 30.3. The summed E-state index contributed by atoms with van der Waals surface area (Å²) in [7, 11) is 0. The first kappa shape index (κ1) is 27.8. The van der Waals surface area contributed by atoms with E-state index in [1.165, 1.54) is 35.2 Å². The van der Waals surface area contributed by atoms with Crippen LogP contribution in [0.25, 0.3) is 0 Å². The number of unbranched alkanes of at least 4 members (excludes halogenated alkanes) is 1. The van der Waals surface area contributed by atoms with Crippen LogP contribution in [0.3, 0.4) is 0 Å². The van der Waals surface area contributed by atoms with Crippen molar-refractivity contribution in [3.05, 3.63) is 131 Å². The Hall–Kier alpha value is -4.26. The third-order valence-electron chi connectivity index (χ3n) is 6.58. The monoisotopic (exact) mass is 529 g/mol. The second-order valence-corrected chi connectivity index (χ2v) is 9.58. The second kappa shape index (κ2) is 13.5. The highest BCUT2D eigenvalue weighted by Gasteiger charge is 2.23. The Bertz CT molecular complexity index is 1370. The van der Waals surface area contributed by atoms with Gasteiger partial charge in [-0.05, 0) is 60.0 Å². The standard InChI is InChI=1S/C32H33F2N3O2/c1-2-3-18-36(32(39)27-11-7-12-29(34)20-27)24-31(38)37(22-25-9-5-4-6-10-25)23-30-13-8-19-35(30)21-26-14-16-28(33)17-15-26/h4-17,19-20H,2-3,18,21-24H2,1H3. The van der Waals surface area contributed by atoms with Crippen molar-refractivity contribution in [2.45, 2.75) is 39.4 Å². The normalized spacial score (nSPS) is 10.8. The van der Waals surface area contributed by atoms with Gasteiger partial charge in [0.2, 0.25) is 5.91 Å². The largest absolute Gasteiger partial charge is 0.345 e. The van der Waals surface area contributed by atoms with Gasteiger partial charge in [-0.15, -0.1) is 0 Å². The lowest BCUT2D eigenvalue weighted by Gasteiger charge is -2.28. The van der Waals surface area contributed by atoms with Crippen LogP contribution < -0.4 is 0 Å². The molecule has 0 spiro atoms. The molecule has 202 valence electrons. The predicted octanol–water partition coefficient (Wildman–Crippen LogP) is 6.29. The topological polar surface area (TPSA) is 45.6 Å². The van der Waals surface area contributed by atoms with Crippen LogP contribution in [0.4, 0.5) is 8.78 Å². The summed E-state index contributed by atoms with van der Waals surface area (Å²) >= 11 is 0. The van der Waals surface area contributed by atoms with Crippen LogP contribution in [0, 0.1) is 11.6 Å². The summed E-state index contributed by atoms with van der Waals surface area (Å²) in [6.07, 6.45) is 3.52. The molecule has 0 aliphatic carbocycles. The SMILES string of the molecule is CCCCN(CC(=O)N(Cc1ccccc1)Cc1cccn1Cc1ccc(F)cc1)C(=O)c1cccc(F)c1. The average Bonchev–Trinajstić information content (AvgIpc) is 3.38. The molecule has 5 nitrogen and oxygen atoms in total. The molecule has 0 unspecified atom stereocenters. The molecule has 39 heavy (non-hydrogen) atoms.